The van der Waals surface area contributed by atoms with Crippen molar-refractivity contribution in [1.29, 1.82) is 0 Å². The molecule has 5 heteroatoms. The summed E-state index contributed by atoms with van der Waals surface area (Å²) in [5.74, 6) is 5.70. The lowest BCUT2D eigenvalue weighted by molar-refractivity contribution is 0.242. The van der Waals surface area contributed by atoms with Gasteiger partial charge in [0.25, 0.3) is 0 Å². The number of hydrazine groups is 1. The van der Waals surface area contributed by atoms with E-state index in [-0.39, 0.29) is 6.03 Å². The zero-order chi connectivity index (χ0) is 7.11. The molecule has 0 atom stereocenters. The van der Waals surface area contributed by atoms with Crippen LogP contribution in [0.3, 0.4) is 0 Å². The highest BCUT2D eigenvalue weighted by Crippen LogP contribution is 1.86. The fourth-order valence-corrected chi connectivity index (χ4v) is 0.624. The molecule has 0 aliphatic rings. The summed E-state index contributed by atoms with van der Waals surface area (Å²) in [6, 6.07) is -0.330. The molecule has 2 amide bonds. The minimum absolute atomic E-state index is 0.330. The first kappa shape index (κ1) is 8.58. The van der Waals surface area contributed by atoms with Gasteiger partial charge in [-0.15, -0.1) is 0 Å². The second-order valence-electron chi connectivity index (χ2n) is 1.39. The van der Waals surface area contributed by atoms with Gasteiger partial charge in [-0.1, -0.05) is 0 Å². The van der Waals surface area contributed by atoms with E-state index in [2.05, 4.69) is 5.32 Å². The molecule has 0 rings (SSSR count). The van der Waals surface area contributed by atoms with Gasteiger partial charge < -0.3 is 5.32 Å². The summed E-state index contributed by atoms with van der Waals surface area (Å²) in [6.45, 7) is 0.657. The van der Waals surface area contributed by atoms with Crippen molar-refractivity contribution in [1.82, 2.24) is 10.7 Å². The van der Waals surface area contributed by atoms with Crippen molar-refractivity contribution >= 4 is 17.8 Å². The smallest absolute Gasteiger partial charge is 0.328 e. The fourth-order valence-electron chi connectivity index (χ4n) is 0.318. The number of hydrogen-bond acceptors (Lipinski definition) is 3. The van der Waals surface area contributed by atoms with Gasteiger partial charge in [0.1, 0.15) is 0 Å². The first-order chi connectivity index (χ1) is 4.31. The van der Waals surface area contributed by atoms with Crippen LogP contribution < -0.4 is 16.6 Å². The molecule has 0 radical (unpaired) electrons. The molecule has 0 aliphatic carbocycles. The zero-order valence-corrected chi connectivity index (χ0v) is 6.12. The van der Waals surface area contributed by atoms with Crippen LogP contribution in [0.1, 0.15) is 0 Å². The molecule has 0 aromatic rings. The molecule has 0 spiro atoms. The Bertz CT molecular complexity index is 87.9. The Hall–Kier alpha value is -0.420. The van der Waals surface area contributed by atoms with Gasteiger partial charge in [-0.25, -0.2) is 10.6 Å². The normalized spacial score (nSPS) is 8.67. The zero-order valence-electron chi connectivity index (χ0n) is 5.31. The molecule has 54 valence electrons. The van der Waals surface area contributed by atoms with Crippen molar-refractivity contribution in [2.45, 2.75) is 0 Å². The molecular weight excluding hydrogens is 138 g/mol. The highest BCUT2D eigenvalue weighted by atomic mass is 32.2. The molecular formula is C4H11N3OS. The molecule has 0 heterocycles. The molecule has 4 N–H and O–H groups in total. The van der Waals surface area contributed by atoms with Crippen LogP contribution >= 0.6 is 11.8 Å². The van der Waals surface area contributed by atoms with Gasteiger partial charge in [-0.05, 0) is 6.26 Å². The highest BCUT2D eigenvalue weighted by molar-refractivity contribution is 7.98. The molecule has 0 bridgehead atoms. The van der Waals surface area contributed by atoms with Crippen molar-refractivity contribution in [3.63, 3.8) is 0 Å². The Morgan fingerprint density at radius 3 is 2.89 bits per heavy atom. The number of nitrogens with two attached hydrogens (primary N) is 1. The minimum atomic E-state index is -0.330. The first-order valence-corrected chi connectivity index (χ1v) is 3.94. The van der Waals surface area contributed by atoms with Crippen molar-refractivity contribution < 1.29 is 4.79 Å². The van der Waals surface area contributed by atoms with E-state index < -0.39 is 0 Å². The van der Waals surface area contributed by atoms with E-state index in [1.807, 2.05) is 11.7 Å². The molecule has 0 aromatic carbocycles. The molecule has 0 aromatic heterocycles. The van der Waals surface area contributed by atoms with Crippen LogP contribution in [-0.2, 0) is 0 Å². The Balaban J connectivity index is 2.97. The Morgan fingerprint density at radius 1 is 1.78 bits per heavy atom. The van der Waals surface area contributed by atoms with E-state index in [0.717, 1.165) is 5.75 Å². The summed E-state index contributed by atoms with van der Waals surface area (Å²) in [5.41, 5.74) is 1.96. The summed E-state index contributed by atoms with van der Waals surface area (Å²) in [7, 11) is 0. The van der Waals surface area contributed by atoms with E-state index in [9.17, 15) is 4.79 Å². The van der Waals surface area contributed by atoms with E-state index in [4.69, 9.17) is 5.84 Å². The average Bonchev–Trinajstić information content (AvgIpc) is 1.89. The first-order valence-electron chi connectivity index (χ1n) is 2.54. The van der Waals surface area contributed by atoms with Crippen LogP contribution in [0.15, 0.2) is 0 Å². The average molecular weight is 149 g/mol. The van der Waals surface area contributed by atoms with Crippen LogP contribution in [0.25, 0.3) is 0 Å². The molecule has 0 unspecified atom stereocenters. The van der Waals surface area contributed by atoms with Gasteiger partial charge in [0, 0.05) is 12.3 Å². The number of hydrogen-bond donors (Lipinski definition) is 3. The van der Waals surface area contributed by atoms with Crippen LogP contribution in [0, 0.1) is 0 Å². The van der Waals surface area contributed by atoms with E-state index >= 15 is 0 Å². The summed E-state index contributed by atoms with van der Waals surface area (Å²) >= 11 is 1.67. The largest absolute Gasteiger partial charge is 0.336 e. The molecule has 0 saturated heterocycles. The van der Waals surface area contributed by atoms with Gasteiger partial charge in [-0.2, -0.15) is 11.8 Å². The Morgan fingerprint density at radius 2 is 2.44 bits per heavy atom. The Labute approximate surface area is 58.5 Å². The topological polar surface area (TPSA) is 67.2 Å². The fraction of sp³-hybridized carbons (Fsp3) is 0.750. The minimum Gasteiger partial charge on any atom is -0.336 e. The standard InChI is InChI=1S/C4H11N3OS/c1-9-3-2-6-4(8)7-5/h2-3,5H2,1H3,(H2,6,7,8). The number of carbonyl (C=O) groups excluding carboxylic acids is 1. The maximum absolute atomic E-state index is 10.3. The number of amides is 2. The number of rotatable bonds is 3. The summed E-state index contributed by atoms with van der Waals surface area (Å²) < 4.78 is 0. The second kappa shape index (κ2) is 5.71. The quantitative estimate of drug-likeness (QED) is 0.220. The maximum atomic E-state index is 10.3. The monoisotopic (exact) mass is 149 g/mol. The van der Waals surface area contributed by atoms with Gasteiger partial charge in [0.05, 0.1) is 0 Å². The van der Waals surface area contributed by atoms with Gasteiger partial charge in [0.2, 0.25) is 0 Å². The number of urea groups is 1. The van der Waals surface area contributed by atoms with Gasteiger partial charge in [-0.3, -0.25) is 5.43 Å². The summed E-state index contributed by atoms with van der Waals surface area (Å²) in [6.07, 6.45) is 1.97. The van der Waals surface area contributed by atoms with Crippen LogP contribution in [0.2, 0.25) is 0 Å². The lowest BCUT2D eigenvalue weighted by Crippen LogP contribution is -2.40. The van der Waals surface area contributed by atoms with Crippen molar-refractivity contribution in [2.24, 2.45) is 5.84 Å². The molecule has 0 fully saturated rings. The number of thioether (sulfide) groups is 1. The van der Waals surface area contributed by atoms with Crippen molar-refractivity contribution in [3.05, 3.63) is 0 Å². The predicted octanol–water partition coefficient (Wildman–Crippen LogP) is -0.478. The van der Waals surface area contributed by atoms with E-state index in [1.165, 1.54) is 0 Å². The lowest BCUT2D eigenvalue weighted by Gasteiger charge is -2.00. The lowest BCUT2D eigenvalue weighted by atomic mass is 10.7. The third-order valence-electron chi connectivity index (χ3n) is 0.723. The number of nitrogens with one attached hydrogen (secondary N) is 2. The van der Waals surface area contributed by atoms with Crippen LogP contribution in [0.4, 0.5) is 4.79 Å². The maximum Gasteiger partial charge on any atom is 0.328 e. The van der Waals surface area contributed by atoms with Crippen LogP contribution in [0.5, 0.6) is 0 Å². The SMILES string of the molecule is CSCCNC(=O)NN. The molecule has 9 heavy (non-hydrogen) atoms. The van der Waals surface area contributed by atoms with Crippen LogP contribution in [-0.4, -0.2) is 24.6 Å². The van der Waals surface area contributed by atoms with E-state index in [0.29, 0.717) is 6.54 Å². The highest BCUT2D eigenvalue weighted by Gasteiger charge is 1.91. The van der Waals surface area contributed by atoms with Crippen molar-refractivity contribution in [2.75, 3.05) is 18.6 Å². The molecule has 0 saturated carbocycles. The van der Waals surface area contributed by atoms with E-state index in [1.54, 1.807) is 11.8 Å². The summed E-state index contributed by atoms with van der Waals surface area (Å²) in [4.78, 5) is 10.3. The van der Waals surface area contributed by atoms with Gasteiger partial charge in [0.15, 0.2) is 0 Å². The van der Waals surface area contributed by atoms with Gasteiger partial charge >= 0.3 is 6.03 Å². The third-order valence-corrected chi connectivity index (χ3v) is 1.34. The predicted molar refractivity (Wildman–Crippen MR) is 39.1 cm³/mol. The Kier molecular flexibility index (Phi) is 5.45. The third kappa shape index (κ3) is 5.45. The second-order valence-corrected chi connectivity index (χ2v) is 2.38. The molecule has 0 aliphatic heterocycles. The van der Waals surface area contributed by atoms with Crippen molar-refractivity contribution in [3.8, 4) is 0 Å². The number of carbonyl (C=O) groups is 1. The molecule has 4 nitrogen and oxygen atoms in total. The summed E-state index contributed by atoms with van der Waals surface area (Å²) in [5, 5.41) is 2.54.